The fourth-order valence-corrected chi connectivity index (χ4v) is 1.25. The summed E-state index contributed by atoms with van der Waals surface area (Å²) in [4.78, 5) is 10.4. The molecule has 0 spiro atoms. The largest absolute Gasteiger partial charge is 0.344 e. The van der Waals surface area contributed by atoms with Crippen LogP contribution in [-0.4, -0.2) is 10.9 Å². The lowest BCUT2D eigenvalue weighted by atomic mass is 10.2. The summed E-state index contributed by atoms with van der Waals surface area (Å²) in [6.07, 6.45) is 4.81. The second-order valence-electron chi connectivity index (χ2n) is 2.32. The van der Waals surface area contributed by atoms with Crippen LogP contribution < -0.4 is 0 Å². The molecular formula is C8H7NO. The second kappa shape index (κ2) is 1.84. The SMILES string of the molecule is O=CC1=CCn2cccc21. The van der Waals surface area contributed by atoms with Crippen LogP contribution in [0.1, 0.15) is 5.69 Å². The Morgan fingerprint density at radius 1 is 1.60 bits per heavy atom. The van der Waals surface area contributed by atoms with Gasteiger partial charge >= 0.3 is 0 Å². The van der Waals surface area contributed by atoms with Crippen molar-refractivity contribution in [3.05, 3.63) is 30.1 Å². The Kier molecular flexibility index (Phi) is 1.01. The van der Waals surface area contributed by atoms with Crippen molar-refractivity contribution in [3.8, 4) is 0 Å². The normalized spacial score (nSPS) is 14.6. The minimum Gasteiger partial charge on any atom is -0.344 e. The summed E-state index contributed by atoms with van der Waals surface area (Å²) < 4.78 is 2.05. The number of aldehydes is 1. The number of fused-ring (bicyclic) bond motifs is 1. The third kappa shape index (κ3) is 0.559. The Hall–Kier alpha value is -1.31. The van der Waals surface area contributed by atoms with Crippen LogP contribution in [-0.2, 0) is 11.3 Å². The average Bonchev–Trinajstić information content (AvgIpc) is 2.44. The fourth-order valence-electron chi connectivity index (χ4n) is 1.25. The molecule has 0 radical (unpaired) electrons. The Bertz CT molecular complexity index is 296. The molecule has 0 aromatic carbocycles. The van der Waals surface area contributed by atoms with Crippen LogP contribution >= 0.6 is 0 Å². The second-order valence-corrected chi connectivity index (χ2v) is 2.32. The third-order valence-electron chi connectivity index (χ3n) is 1.76. The maximum atomic E-state index is 10.4. The highest BCUT2D eigenvalue weighted by Gasteiger charge is 2.10. The predicted octanol–water partition coefficient (Wildman–Crippen LogP) is 1.08. The van der Waals surface area contributed by atoms with Gasteiger partial charge in [-0.3, -0.25) is 4.79 Å². The van der Waals surface area contributed by atoms with Gasteiger partial charge in [0.15, 0.2) is 6.29 Å². The van der Waals surface area contributed by atoms with E-state index in [2.05, 4.69) is 0 Å². The van der Waals surface area contributed by atoms with Crippen LogP contribution in [0, 0.1) is 0 Å². The zero-order valence-corrected chi connectivity index (χ0v) is 5.45. The van der Waals surface area contributed by atoms with Gasteiger partial charge in [-0.15, -0.1) is 0 Å². The highest BCUT2D eigenvalue weighted by atomic mass is 16.1. The monoisotopic (exact) mass is 133 g/mol. The number of allylic oxidation sites excluding steroid dienone is 2. The standard InChI is InChI=1S/C8H7NO/c10-6-7-3-5-9-4-1-2-8(7)9/h1-4,6H,5H2. The molecule has 2 rings (SSSR count). The lowest BCUT2D eigenvalue weighted by Gasteiger charge is -1.93. The van der Waals surface area contributed by atoms with E-state index in [1.807, 2.05) is 29.0 Å². The minimum atomic E-state index is 0.810. The molecule has 2 nitrogen and oxygen atoms in total. The Labute approximate surface area is 58.8 Å². The summed E-state index contributed by atoms with van der Waals surface area (Å²) in [5.74, 6) is 0. The summed E-state index contributed by atoms with van der Waals surface area (Å²) in [5.41, 5.74) is 1.85. The number of carbonyl (C=O) groups excluding carboxylic acids is 1. The van der Waals surface area contributed by atoms with Crippen molar-refractivity contribution in [2.45, 2.75) is 6.54 Å². The molecule has 0 amide bonds. The van der Waals surface area contributed by atoms with Gasteiger partial charge in [0.05, 0.1) is 5.69 Å². The van der Waals surface area contributed by atoms with Gasteiger partial charge in [-0.2, -0.15) is 0 Å². The molecule has 50 valence electrons. The molecule has 0 aliphatic carbocycles. The average molecular weight is 133 g/mol. The van der Waals surface area contributed by atoms with Crippen molar-refractivity contribution in [1.29, 1.82) is 0 Å². The van der Waals surface area contributed by atoms with Gasteiger partial charge in [-0.05, 0) is 12.1 Å². The first-order chi connectivity index (χ1) is 4.92. The van der Waals surface area contributed by atoms with Crippen LogP contribution in [0.15, 0.2) is 24.4 Å². The highest BCUT2D eigenvalue weighted by molar-refractivity contribution is 6.06. The van der Waals surface area contributed by atoms with E-state index in [0.717, 1.165) is 24.1 Å². The minimum absolute atomic E-state index is 0.810. The molecular weight excluding hydrogens is 126 g/mol. The van der Waals surface area contributed by atoms with Crippen LogP contribution in [0.4, 0.5) is 0 Å². The fraction of sp³-hybridized carbons (Fsp3) is 0.125. The molecule has 1 aliphatic rings. The van der Waals surface area contributed by atoms with Gasteiger partial charge in [-0.1, -0.05) is 6.08 Å². The highest BCUT2D eigenvalue weighted by Crippen LogP contribution is 2.19. The van der Waals surface area contributed by atoms with Crippen LogP contribution in [0.3, 0.4) is 0 Å². The molecule has 0 fully saturated rings. The van der Waals surface area contributed by atoms with Gasteiger partial charge < -0.3 is 4.57 Å². The van der Waals surface area contributed by atoms with E-state index in [0.29, 0.717) is 0 Å². The molecule has 1 aromatic heterocycles. The number of hydrogen-bond acceptors (Lipinski definition) is 1. The van der Waals surface area contributed by atoms with Gasteiger partial charge in [0.2, 0.25) is 0 Å². The van der Waals surface area contributed by atoms with E-state index >= 15 is 0 Å². The van der Waals surface area contributed by atoms with E-state index in [9.17, 15) is 4.79 Å². The van der Waals surface area contributed by atoms with Crippen molar-refractivity contribution < 1.29 is 4.79 Å². The van der Waals surface area contributed by atoms with E-state index in [1.54, 1.807) is 0 Å². The summed E-state index contributed by atoms with van der Waals surface area (Å²) in [6, 6.07) is 3.90. The summed E-state index contributed by atoms with van der Waals surface area (Å²) in [6.45, 7) is 0.844. The molecule has 0 bridgehead atoms. The quantitative estimate of drug-likeness (QED) is 0.525. The number of hydrogen-bond donors (Lipinski definition) is 0. The first-order valence-corrected chi connectivity index (χ1v) is 3.22. The van der Waals surface area contributed by atoms with Crippen molar-refractivity contribution in [3.63, 3.8) is 0 Å². The molecule has 1 aliphatic heterocycles. The van der Waals surface area contributed by atoms with Crippen LogP contribution in [0.2, 0.25) is 0 Å². The topological polar surface area (TPSA) is 22.0 Å². The van der Waals surface area contributed by atoms with E-state index in [-0.39, 0.29) is 0 Å². The summed E-state index contributed by atoms with van der Waals surface area (Å²) in [5, 5.41) is 0. The summed E-state index contributed by atoms with van der Waals surface area (Å²) in [7, 11) is 0. The van der Waals surface area contributed by atoms with E-state index in [4.69, 9.17) is 0 Å². The molecule has 0 atom stereocenters. The van der Waals surface area contributed by atoms with Gasteiger partial charge in [0.25, 0.3) is 0 Å². The predicted molar refractivity (Wildman–Crippen MR) is 38.5 cm³/mol. The number of nitrogens with zero attached hydrogens (tertiary/aromatic N) is 1. The van der Waals surface area contributed by atoms with Crippen LogP contribution in [0.25, 0.3) is 5.57 Å². The first-order valence-electron chi connectivity index (χ1n) is 3.22. The van der Waals surface area contributed by atoms with E-state index < -0.39 is 0 Å². The number of carbonyl (C=O) groups is 1. The number of rotatable bonds is 1. The van der Waals surface area contributed by atoms with E-state index in [1.165, 1.54) is 0 Å². The summed E-state index contributed by atoms with van der Waals surface area (Å²) >= 11 is 0. The molecule has 0 N–H and O–H groups in total. The lowest BCUT2D eigenvalue weighted by molar-refractivity contribution is -0.103. The molecule has 10 heavy (non-hydrogen) atoms. The Morgan fingerprint density at radius 2 is 2.50 bits per heavy atom. The molecule has 0 unspecified atom stereocenters. The van der Waals surface area contributed by atoms with Crippen molar-refractivity contribution >= 4 is 11.9 Å². The Morgan fingerprint density at radius 3 is 3.30 bits per heavy atom. The zero-order valence-electron chi connectivity index (χ0n) is 5.45. The smallest absolute Gasteiger partial charge is 0.151 e. The Balaban J connectivity index is 2.55. The maximum Gasteiger partial charge on any atom is 0.151 e. The molecule has 2 heterocycles. The van der Waals surface area contributed by atoms with Gasteiger partial charge in [0, 0.05) is 18.3 Å². The molecule has 0 saturated heterocycles. The zero-order chi connectivity index (χ0) is 6.97. The van der Waals surface area contributed by atoms with Crippen molar-refractivity contribution in [1.82, 2.24) is 4.57 Å². The molecule has 0 saturated carbocycles. The van der Waals surface area contributed by atoms with Gasteiger partial charge in [-0.25, -0.2) is 0 Å². The molecule has 1 aromatic rings. The third-order valence-corrected chi connectivity index (χ3v) is 1.76. The van der Waals surface area contributed by atoms with Crippen molar-refractivity contribution in [2.75, 3.05) is 0 Å². The lowest BCUT2D eigenvalue weighted by Crippen LogP contribution is -1.89. The maximum absolute atomic E-state index is 10.4. The number of aromatic nitrogens is 1. The van der Waals surface area contributed by atoms with Crippen molar-refractivity contribution in [2.24, 2.45) is 0 Å². The molecule has 2 heteroatoms. The first kappa shape index (κ1) is 5.47. The van der Waals surface area contributed by atoms with Gasteiger partial charge in [0.1, 0.15) is 0 Å². The van der Waals surface area contributed by atoms with Crippen LogP contribution in [0.5, 0.6) is 0 Å².